The molecule has 9 heteroatoms. The molecule has 7 nitrogen and oxygen atoms in total. The third kappa shape index (κ3) is 8.52. The number of anilines is 1. The second kappa shape index (κ2) is 13.0. The van der Waals surface area contributed by atoms with Crippen LogP contribution in [0.15, 0.2) is 29.3 Å². The number of guanidine groups is 1. The summed E-state index contributed by atoms with van der Waals surface area (Å²) in [5.41, 5.74) is 1.13. The maximum Gasteiger partial charge on any atom is 0.241 e. The minimum atomic E-state index is -0.119. The lowest BCUT2D eigenvalue weighted by Gasteiger charge is -2.20. The van der Waals surface area contributed by atoms with Gasteiger partial charge < -0.3 is 25.6 Å². The number of methoxy groups -OCH3 is 1. The molecular formula is C18H29ClIN5O2. The molecule has 0 bridgehead atoms. The first-order valence-electron chi connectivity index (χ1n) is 8.93. The molecule has 1 atom stereocenters. The summed E-state index contributed by atoms with van der Waals surface area (Å²) >= 11 is 6.08. The van der Waals surface area contributed by atoms with Crippen molar-refractivity contribution in [1.82, 2.24) is 16.0 Å². The van der Waals surface area contributed by atoms with Crippen LogP contribution in [0.4, 0.5) is 5.69 Å². The van der Waals surface area contributed by atoms with Crippen LogP contribution in [0.25, 0.3) is 0 Å². The maximum atomic E-state index is 11.8. The monoisotopic (exact) mass is 509 g/mol. The molecule has 1 aliphatic rings. The van der Waals surface area contributed by atoms with E-state index in [1.807, 2.05) is 25.1 Å². The van der Waals surface area contributed by atoms with Gasteiger partial charge in [0.2, 0.25) is 5.91 Å². The molecule has 1 aromatic carbocycles. The van der Waals surface area contributed by atoms with Crippen LogP contribution >= 0.6 is 35.6 Å². The first-order valence-corrected chi connectivity index (χ1v) is 9.31. The van der Waals surface area contributed by atoms with Crippen molar-refractivity contribution in [3.05, 3.63) is 29.3 Å². The number of nitrogens with zero attached hydrogens (tertiary/aromatic N) is 2. The van der Waals surface area contributed by atoms with Crippen molar-refractivity contribution >= 4 is 53.1 Å². The summed E-state index contributed by atoms with van der Waals surface area (Å²) in [6.07, 6.45) is 0.997. The Hall–Kier alpha value is -1.26. The molecule has 27 heavy (non-hydrogen) atoms. The van der Waals surface area contributed by atoms with Crippen LogP contribution in [0.2, 0.25) is 5.02 Å². The van der Waals surface area contributed by atoms with Gasteiger partial charge in [0.25, 0.3) is 0 Å². The topological polar surface area (TPSA) is 78.0 Å². The Morgan fingerprint density at radius 2 is 2.22 bits per heavy atom. The van der Waals surface area contributed by atoms with E-state index in [0.29, 0.717) is 19.1 Å². The number of amides is 1. The van der Waals surface area contributed by atoms with Crippen LogP contribution in [0.3, 0.4) is 0 Å². The maximum absolute atomic E-state index is 11.8. The van der Waals surface area contributed by atoms with E-state index in [1.165, 1.54) is 0 Å². The first kappa shape index (κ1) is 23.8. The zero-order valence-corrected chi connectivity index (χ0v) is 18.9. The summed E-state index contributed by atoms with van der Waals surface area (Å²) < 4.78 is 4.91. The molecule has 1 unspecified atom stereocenters. The van der Waals surface area contributed by atoms with Crippen LogP contribution < -0.4 is 20.9 Å². The van der Waals surface area contributed by atoms with Crippen LogP contribution in [-0.2, 0) is 9.53 Å². The minimum absolute atomic E-state index is 0. The molecule has 1 aromatic rings. The number of nitrogens with one attached hydrogen (secondary N) is 3. The van der Waals surface area contributed by atoms with Crippen molar-refractivity contribution in [3.8, 4) is 0 Å². The summed E-state index contributed by atoms with van der Waals surface area (Å²) in [4.78, 5) is 18.4. The molecule has 1 aliphatic heterocycles. The largest absolute Gasteiger partial charge is 0.383 e. The third-order valence-corrected chi connectivity index (χ3v) is 4.29. The van der Waals surface area contributed by atoms with Crippen molar-refractivity contribution < 1.29 is 9.53 Å². The van der Waals surface area contributed by atoms with Crippen LogP contribution in [0.5, 0.6) is 0 Å². The average Bonchev–Trinajstić information content (AvgIpc) is 3.09. The lowest BCUT2D eigenvalue weighted by Crippen LogP contribution is -2.45. The van der Waals surface area contributed by atoms with Crippen molar-refractivity contribution in [3.63, 3.8) is 0 Å². The molecule has 152 valence electrons. The lowest BCUT2D eigenvalue weighted by molar-refractivity contribution is -0.119. The number of carbonyl (C=O) groups excluding carboxylic acids is 1. The summed E-state index contributed by atoms with van der Waals surface area (Å²) in [6.45, 7) is 5.63. The Bertz CT molecular complexity index is 617. The Morgan fingerprint density at radius 3 is 2.93 bits per heavy atom. The summed E-state index contributed by atoms with van der Waals surface area (Å²) in [5.74, 6) is 0.540. The summed E-state index contributed by atoms with van der Waals surface area (Å²) in [6, 6.07) is 8.16. The highest BCUT2D eigenvalue weighted by Gasteiger charge is 2.23. The number of halogens is 2. The standard InChI is InChI=1S/C18H28ClN5O2.HI/c1-3-20-18(22-12-17(25)21-8-10-26-2)23-15-7-9-24(13-15)16-6-4-5-14(19)11-16;/h4-6,11,15H,3,7-10,12-13H2,1-2H3,(H,21,25)(H2,20,22,23);1H. The Kier molecular flexibility index (Phi) is 11.5. The summed E-state index contributed by atoms with van der Waals surface area (Å²) in [7, 11) is 1.60. The third-order valence-electron chi connectivity index (χ3n) is 4.06. The fraction of sp³-hybridized carbons (Fsp3) is 0.556. The van der Waals surface area contributed by atoms with Gasteiger partial charge in [0.05, 0.1) is 6.61 Å². The second-order valence-corrected chi connectivity index (χ2v) is 6.53. The van der Waals surface area contributed by atoms with Crippen molar-refractivity contribution in [1.29, 1.82) is 0 Å². The average molecular weight is 510 g/mol. The van der Waals surface area contributed by atoms with Gasteiger partial charge in [-0.05, 0) is 31.5 Å². The smallest absolute Gasteiger partial charge is 0.241 e. The SMILES string of the molecule is CCNC(=NCC(=O)NCCOC)NC1CCN(c2cccc(Cl)c2)C1.I. The second-order valence-electron chi connectivity index (χ2n) is 6.09. The molecule has 1 heterocycles. The highest BCUT2D eigenvalue weighted by molar-refractivity contribution is 14.0. The fourth-order valence-electron chi connectivity index (χ4n) is 2.80. The van der Waals surface area contributed by atoms with E-state index in [9.17, 15) is 4.79 Å². The number of rotatable bonds is 8. The zero-order chi connectivity index (χ0) is 18.8. The molecule has 1 amide bonds. The van der Waals surface area contributed by atoms with Gasteiger partial charge in [-0.15, -0.1) is 24.0 Å². The van der Waals surface area contributed by atoms with Gasteiger partial charge in [-0.2, -0.15) is 0 Å². The highest BCUT2D eigenvalue weighted by Crippen LogP contribution is 2.23. The molecule has 0 aliphatic carbocycles. The molecule has 0 radical (unpaired) electrons. The number of aliphatic imine (C=N–C) groups is 1. The van der Waals surface area contributed by atoms with Crippen LogP contribution in [0, 0.1) is 0 Å². The molecule has 2 rings (SSSR count). The Labute approximate surface area is 183 Å². The molecule has 0 saturated carbocycles. The van der Waals surface area contributed by atoms with Crippen molar-refractivity contribution in [2.75, 3.05) is 51.3 Å². The van der Waals surface area contributed by atoms with E-state index in [4.69, 9.17) is 16.3 Å². The predicted octanol–water partition coefficient (Wildman–Crippen LogP) is 1.85. The Balaban J connectivity index is 0.00000364. The minimum Gasteiger partial charge on any atom is -0.383 e. The quantitative estimate of drug-likeness (QED) is 0.216. The highest BCUT2D eigenvalue weighted by atomic mass is 127. The van der Waals surface area contributed by atoms with Gasteiger partial charge in [0.1, 0.15) is 6.54 Å². The van der Waals surface area contributed by atoms with E-state index in [2.05, 4.69) is 31.9 Å². The van der Waals surface area contributed by atoms with E-state index < -0.39 is 0 Å². The van der Waals surface area contributed by atoms with Crippen molar-refractivity contribution in [2.45, 2.75) is 19.4 Å². The van der Waals surface area contributed by atoms with E-state index >= 15 is 0 Å². The molecule has 1 saturated heterocycles. The van der Waals surface area contributed by atoms with Gasteiger partial charge in [-0.25, -0.2) is 4.99 Å². The van der Waals surface area contributed by atoms with Gasteiger partial charge >= 0.3 is 0 Å². The first-order chi connectivity index (χ1) is 12.6. The normalized spacial score (nSPS) is 16.6. The molecule has 0 spiro atoms. The Morgan fingerprint density at radius 1 is 1.41 bits per heavy atom. The fourth-order valence-corrected chi connectivity index (χ4v) is 2.98. The van der Waals surface area contributed by atoms with Gasteiger partial charge in [0, 0.05) is 50.0 Å². The van der Waals surface area contributed by atoms with E-state index in [1.54, 1.807) is 7.11 Å². The number of hydrogen-bond acceptors (Lipinski definition) is 4. The van der Waals surface area contributed by atoms with E-state index in [-0.39, 0.29) is 42.5 Å². The predicted molar refractivity (Wildman–Crippen MR) is 121 cm³/mol. The van der Waals surface area contributed by atoms with Gasteiger partial charge in [-0.3, -0.25) is 4.79 Å². The molecule has 0 aromatic heterocycles. The lowest BCUT2D eigenvalue weighted by atomic mass is 10.3. The number of carbonyl (C=O) groups is 1. The van der Waals surface area contributed by atoms with Crippen molar-refractivity contribution in [2.24, 2.45) is 4.99 Å². The molecule has 1 fully saturated rings. The van der Waals surface area contributed by atoms with Gasteiger partial charge in [-0.1, -0.05) is 17.7 Å². The molecule has 3 N–H and O–H groups in total. The zero-order valence-electron chi connectivity index (χ0n) is 15.8. The number of benzene rings is 1. The van der Waals surface area contributed by atoms with E-state index in [0.717, 1.165) is 36.8 Å². The van der Waals surface area contributed by atoms with Gasteiger partial charge in [0.15, 0.2) is 5.96 Å². The number of hydrogen-bond donors (Lipinski definition) is 3. The number of ether oxygens (including phenoxy) is 1. The van der Waals surface area contributed by atoms with Crippen LogP contribution in [-0.4, -0.2) is 64.3 Å². The summed E-state index contributed by atoms with van der Waals surface area (Å²) in [5, 5.41) is 10.1. The molecular weight excluding hydrogens is 481 g/mol. The van der Waals surface area contributed by atoms with Crippen LogP contribution in [0.1, 0.15) is 13.3 Å².